The highest BCUT2D eigenvalue weighted by atomic mass is 32.1. The molecule has 0 atom stereocenters. The predicted octanol–water partition coefficient (Wildman–Crippen LogP) is 11.6. The molecule has 0 N–H and O–H groups in total. The summed E-state index contributed by atoms with van der Waals surface area (Å²) < 4.78 is 4.91. The first kappa shape index (κ1) is 25.5. The lowest BCUT2D eigenvalue weighted by Gasteiger charge is -2.13. The van der Waals surface area contributed by atoms with Crippen LogP contribution < -0.4 is 0 Å². The molecule has 0 aliphatic heterocycles. The Morgan fingerprint density at radius 3 is 1.98 bits per heavy atom. The smallest absolute Gasteiger partial charge is 0.235 e. The van der Waals surface area contributed by atoms with E-state index in [1.807, 2.05) is 11.3 Å². The third-order valence-electron chi connectivity index (χ3n) is 9.18. The van der Waals surface area contributed by atoms with Crippen molar-refractivity contribution in [3.63, 3.8) is 0 Å². The standard InChI is InChI=1S/C42H25N3S/c1-2-13-26(14-3-1)27-15-12-16-28(25-27)39-31-19-6-9-22-34(31)43-42(44-39)45-35-23-10-7-20-32(35)38-40(45)30-18-5-4-17-29(30)37-33-21-8-11-24-36(33)46-41(37)38/h1-25H. The van der Waals surface area contributed by atoms with E-state index in [2.05, 4.69) is 156 Å². The predicted molar refractivity (Wildman–Crippen MR) is 195 cm³/mol. The van der Waals surface area contributed by atoms with E-state index in [9.17, 15) is 0 Å². The summed E-state index contributed by atoms with van der Waals surface area (Å²) in [6.07, 6.45) is 0. The zero-order valence-corrected chi connectivity index (χ0v) is 25.5. The van der Waals surface area contributed by atoms with Crippen LogP contribution in [-0.2, 0) is 0 Å². The molecule has 10 aromatic rings. The minimum Gasteiger partial charge on any atom is -0.277 e. The largest absolute Gasteiger partial charge is 0.277 e. The Morgan fingerprint density at radius 2 is 1.11 bits per heavy atom. The van der Waals surface area contributed by atoms with Crippen LogP contribution >= 0.6 is 11.3 Å². The first-order chi connectivity index (χ1) is 22.8. The van der Waals surface area contributed by atoms with Crippen molar-refractivity contribution in [2.75, 3.05) is 0 Å². The van der Waals surface area contributed by atoms with Crippen LogP contribution in [0.1, 0.15) is 0 Å². The van der Waals surface area contributed by atoms with Gasteiger partial charge in [-0.25, -0.2) is 9.97 Å². The van der Waals surface area contributed by atoms with Gasteiger partial charge < -0.3 is 0 Å². The molecule has 0 saturated heterocycles. The average molecular weight is 604 g/mol. The molecule has 0 aliphatic carbocycles. The summed E-state index contributed by atoms with van der Waals surface area (Å²) in [5.41, 5.74) is 7.52. The van der Waals surface area contributed by atoms with Crippen LogP contribution in [0, 0.1) is 0 Å². The number of para-hydroxylation sites is 2. The Bertz CT molecular complexity index is 2810. The molecule has 0 bridgehead atoms. The molecule has 0 unspecified atom stereocenters. The molecule has 0 aliphatic rings. The van der Waals surface area contributed by atoms with Gasteiger partial charge in [0.2, 0.25) is 5.95 Å². The van der Waals surface area contributed by atoms with E-state index >= 15 is 0 Å². The fraction of sp³-hybridized carbons (Fsp3) is 0. The Hall–Kier alpha value is -5.84. The Balaban J connectivity index is 1.35. The second-order valence-corrected chi connectivity index (χ2v) is 12.8. The van der Waals surface area contributed by atoms with Crippen LogP contribution in [-0.4, -0.2) is 14.5 Å². The van der Waals surface area contributed by atoms with Crippen LogP contribution in [0.2, 0.25) is 0 Å². The van der Waals surface area contributed by atoms with Gasteiger partial charge in [-0.15, -0.1) is 11.3 Å². The van der Waals surface area contributed by atoms with Crippen molar-refractivity contribution in [1.29, 1.82) is 0 Å². The third-order valence-corrected chi connectivity index (χ3v) is 10.4. The number of thiophene rings is 1. The quantitative estimate of drug-likeness (QED) is 0.201. The first-order valence-electron chi connectivity index (χ1n) is 15.5. The van der Waals surface area contributed by atoms with Gasteiger partial charge in [-0.3, -0.25) is 4.57 Å². The van der Waals surface area contributed by atoms with Crippen molar-refractivity contribution in [2.45, 2.75) is 0 Å². The maximum Gasteiger partial charge on any atom is 0.235 e. The molecule has 10 rings (SSSR count). The van der Waals surface area contributed by atoms with Gasteiger partial charge in [0.15, 0.2) is 0 Å². The molecule has 3 heterocycles. The Labute approximate surface area is 268 Å². The highest BCUT2D eigenvalue weighted by Gasteiger charge is 2.23. The lowest BCUT2D eigenvalue weighted by molar-refractivity contribution is 1.02. The van der Waals surface area contributed by atoms with Crippen LogP contribution in [0.15, 0.2) is 152 Å². The fourth-order valence-corrected chi connectivity index (χ4v) is 8.47. The van der Waals surface area contributed by atoms with Crippen molar-refractivity contribution in [1.82, 2.24) is 14.5 Å². The van der Waals surface area contributed by atoms with Gasteiger partial charge in [0.05, 0.1) is 22.2 Å². The van der Waals surface area contributed by atoms with Crippen LogP contribution in [0.4, 0.5) is 0 Å². The molecule has 214 valence electrons. The van der Waals surface area contributed by atoms with Crippen molar-refractivity contribution < 1.29 is 0 Å². The number of hydrogen-bond acceptors (Lipinski definition) is 3. The number of rotatable bonds is 3. The molecule has 0 spiro atoms. The van der Waals surface area contributed by atoms with Gasteiger partial charge in [0.25, 0.3) is 0 Å². The molecular formula is C42H25N3S. The average Bonchev–Trinajstić information content (AvgIpc) is 3.69. The number of aromatic nitrogens is 3. The monoisotopic (exact) mass is 603 g/mol. The topological polar surface area (TPSA) is 30.7 Å². The molecule has 3 aromatic heterocycles. The Kier molecular flexibility index (Phi) is 5.45. The summed E-state index contributed by atoms with van der Waals surface area (Å²) in [6, 6.07) is 53.9. The van der Waals surface area contributed by atoms with E-state index in [0.29, 0.717) is 5.95 Å². The molecule has 7 aromatic carbocycles. The molecule has 46 heavy (non-hydrogen) atoms. The van der Waals surface area contributed by atoms with E-state index in [-0.39, 0.29) is 0 Å². The molecule has 0 saturated carbocycles. The lowest BCUT2D eigenvalue weighted by atomic mass is 9.99. The SMILES string of the molecule is c1ccc(-c2cccc(-c3nc(-n4c5ccccc5c5c6sc7ccccc7c6c6ccccc6c54)nc4ccccc34)c2)cc1. The Morgan fingerprint density at radius 1 is 0.457 bits per heavy atom. The van der Waals surface area contributed by atoms with Crippen molar-refractivity contribution >= 4 is 75.0 Å². The van der Waals surface area contributed by atoms with Gasteiger partial charge in [0, 0.05) is 47.3 Å². The van der Waals surface area contributed by atoms with E-state index < -0.39 is 0 Å². The number of hydrogen-bond donors (Lipinski definition) is 0. The van der Waals surface area contributed by atoms with E-state index in [0.717, 1.165) is 38.8 Å². The zero-order chi connectivity index (χ0) is 30.2. The minimum absolute atomic E-state index is 0.677. The van der Waals surface area contributed by atoms with Crippen molar-refractivity contribution in [3.8, 4) is 28.3 Å². The van der Waals surface area contributed by atoms with Gasteiger partial charge in [-0.05, 0) is 40.8 Å². The maximum atomic E-state index is 5.43. The summed E-state index contributed by atoms with van der Waals surface area (Å²) in [4.78, 5) is 10.7. The summed E-state index contributed by atoms with van der Waals surface area (Å²) in [5, 5.41) is 8.59. The second kappa shape index (κ2) is 9.83. The summed E-state index contributed by atoms with van der Waals surface area (Å²) in [6.45, 7) is 0. The summed E-state index contributed by atoms with van der Waals surface area (Å²) in [7, 11) is 0. The van der Waals surface area contributed by atoms with Gasteiger partial charge in [0.1, 0.15) is 0 Å². The van der Waals surface area contributed by atoms with E-state index in [1.165, 1.54) is 47.3 Å². The molecule has 4 heteroatoms. The summed E-state index contributed by atoms with van der Waals surface area (Å²) >= 11 is 1.88. The minimum atomic E-state index is 0.677. The zero-order valence-electron chi connectivity index (χ0n) is 24.7. The van der Waals surface area contributed by atoms with Crippen molar-refractivity contribution in [2.24, 2.45) is 0 Å². The maximum absolute atomic E-state index is 5.43. The highest BCUT2D eigenvalue weighted by molar-refractivity contribution is 7.27. The highest BCUT2D eigenvalue weighted by Crippen LogP contribution is 2.47. The number of fused-ring (bicyclic) bond motifs is 11. The van der Waals surface area contributed by atoms with Crippen molar-refractivity contribution in [3.05, 3.63) is 152 Å². The number of nitrogens with zero attached hydrogens (tertiary/aromatic N) is 3. The van der Waals surface area contributed by atoms with Crippen LogP contribution in [0.25, 0.3) is 92.0 Å². The van der Waals surface area contributed by atoms with E-state index in [1.54, 1.807) is 0 Å². The normalized spacial score (nSPS) is 11.9. The first-order valence-corrected chi connectivity index (χ1v) is 16.3. The number of benzene rings is 7. The lowest BCUT2D eigenvalue weighted by Crippen LogP contribution is -2.03. The van der Waals surface area contributed by atoms with Crippen LogP contribution in [0.5, 0.6) is 0 Å². The van der Waals surface area contributed by atoms with E-state index in [4.69, 9.17) is 9.97 Å². The second-order valence-electron chi connectivity index (χ2n) is 11.8. The molecular weight excluding hydrogens is 579 g/mol. The molecule has 3 nitrogen and oxygen atoms in total. The summed E-state index contributed by atoms with van der Waals surface area (Å²) in [5.74, 6) is 0.677. The molecule has 0 radical (unpaired) electrons. The molecule has 0 fully saturated rings. The third kappa shape index (κ3) is 3.65. The van der Waals surface area contributed by atoms with Crippen LogP contribution in [0.3, 0.4) is 0 Å². The molecule has 0 amide bonds. The van der Waals surface area contributed by atoms with Gasteiger partial charge in [-0.1, -0.05) is 127 Å². The van der Waals surface area contributed by atoms with Gasteiger partial charge >= 0.3 is 0 Å². The van der Waals surface area contributed by atoms with Gasteiger partial charge in [-0.2, -0.15) is 0 Å². The fourth-order valence-electron chi connectivity index (χ4n) is 7.19.